The number of rotatable bonds is 4. The van der Waals surface area contributed by atoms with Crippen molar-refractivity contribution in [1.82, 2.24) is 9.80 Å². The normalized spacial score (nSPS) is 18.5. The summed E-state index contributed by atoms with van der Waals surface area (Å²) in [5, 5.41) is 11.0. The fraction of sp³-hybridized carbons (Fsp3) is 0.360. The van der Waals surface area contributed by atoms with Crippen molar-refractivity contribution in [3.8, 4) is 17.2 Å². The number of hydrogen-bond acceptors (Lipinski definition) is 7. The molecule has 0 unspecified atom stereocenters. The Morgan fingerprint density at radius 2 is 1.82 bits per heavy atom. The molecule has 0 saturated carbocycles. The topological polar surface area (TPSA) is 92.5 Å². The highest BCUT2D eigenvalue weighted by Gasteiger charge is 2.32. The number of aryl methyl sites for hydroxylation is 1. The van der Waals surface area contributed by atoms with Gasteiger partial charge in [0.25, 0.3) is 5.91 Å². The van der Waals surface area contributed by atoms with Crippen LogP contribution in [-0.4, -0.2) is 59.7 Å². The van der Waals surface area contributed by atoms with Gasteiger partial charge in [-0.2, -0.15) is 0 Å². The zero-order valence-electron chi connectivity index (χ0n) is 18.5. The van der Waals surface area contributed by atoms with Crippen LogP contribution >= 0.6 is 0 Å². The number of phenolic OH excluding ortho intramolecular Hbond substituents is 1. The van der Waals surface area contributed by atoms with Crippen molar-refractivity contribution in [3.63, 3.8) is 0 Å². The number of phenols is 1. The van der Waals surface area contributed by atoms with Crippen molar-refractivity contribution in [1.29, 1.82) is 0 Å². The summed E-state index contributed by atoms with van der Waals surface area (Å²) in [5.41, 5.74) is 1.61. The molecule has 172 valence electrons. The number of benzene rings is 2. The van der Waals surface area contributed by atoms with Crippen molar-refractivity contribution < 1.29 is 23.8 Å². The van der Waals surface area contributed by atoms with E-state index in [0.29, 0.717) is 56.2 Å². The maximum Gasteiger partial charge on any atom is 0.336 e. The zero-order valence-corrected chi connectivity index (χ0v) is 18.5. The summed E-state index contributed by atoms with van der Waals surface area (Å²) in [7, 11) is 0. The average Bonchev–Trinajstić information content (AvgIpc) is 2.83. The quantitative estimate of drug-likeness (QED) is 0.611. The fourth-order valence-corrected chi connectivity index (χ4v) is 4.43. The van der Waals surface area contributed by atoms with E-state index in [1.165, 1.54) is 12.1 Å². The van der Waals surface area contributed by atoms with Gasteiger partial charge in [-0.25, -0.2) is 4.79 Å². The van der Waals surface area contributed by atoms with E-state index in [0.717, 1.165) is 16.5 Å². The van der Waals surface area contributed by atoms with Crippen LogP contribution in [0, 0.1) is 0 Å². The number of fused-ring (bicyclic) bond motifs is 2. The molecule has 3 aromatic rings. The predicted octanol–water partition coefficient (Wildman–Crippen LogP) is 2.55. The van der Waals surface area contributed by atoms with Crippen LogP contribution in [-0.2, 0) is 17.8 Å². The summed E-state index contributed by atoms with van der Waals surface area (Å²) < 4.78 is 16.9. The summed E-state index contributed by atoms with van der Waals surface area (Å²) in [6.45, 7) is 5.23. The molecule has 0 bridgehead atoms. The Kier molecular flexibility index (Phi) is 5.68. The van der Waals surface area contributed by atoms with Crippen molar-refractivity contribution in [3.05, 3.63) is 64.0 Å². The van der Waals surface area contributed by atoms with Gasteiger partial charge in [0.2, 0.25) is 6.10 Å². The summed E-state index contributed by atoms with van der Waals surface area (Å²) in [6, 6.07) is 12.3. The Balaban J connectivity index is 1.25. The van der Waals surface area contributed by atoms with Gasteiger partial charge >= 0.3 is 5.63 Å². The minimum Gasteiger partial charge on any atom is -0.508 e. The second-order valence-electron chi connectivity index (χ2n) is 8.39. The molecule has 3 heterocycles. The van der Waals surface area contributed by atoms with Crippen molar-refractivity contribution in [2.75, 3.05) is 32.8 Å². The molecule has 2 aromatic carbocycles. The summed E-state index contributed by atoms with van der Waals surface area (Å²) in [6.07, 6.45) is 0.0349. The van der Waals surface area contributed by atoms with E-state index < -0.39 is 11.7 Å². The number of nitrogens with zero attached hydrogens (tertiary/aromatic N) is 2. The lowest BCUT2D eigenvalue weighted by molar-refractivity contribution is -0.143. The zero-order chi connectivity index (χ0) is 22.9. The molecule has 1 saturated heterocycles. The lowest BCUT2D eigenvalue weighted by Crippen LogP contribution is -2.53. The van der Waals surface area contributed by atoms with E-state index in [1.54, 1.807) is 6.07 Å². The second-order valence-corrected chi connectivity index (χ2v) is 8.39. The first-order chi connectivity index (χ1) is 16.0. The van der Waals surface area contributed by atoms with E-state index in [2.05, 4.69) is 4.90 Å². The Hall–Kier alpha value is -3.52. The number of aromatic hydroxyl groups is 1. The van der Waals surface area contributed by atoms with Crippen molar-refractivity contribution >= 4 is 16.9 Å². The number of amides is 1. The Labute approximate surface area is 190 Å². The molecule has 0 aliphatic carbocycles. The molecule has 2 aliphatic heterocycles. The third kappa shape index (κ3) is 4.26. The summed E-state index contributed by atoms with van der Waals surface area (Å²) in [5.74, 6) is 1.31. The van der Waals surface area contributed by atoms with Gasteiger partial charge in [0, 0.05) is 50.2 Å². The number of carbonyl (C=O) groups is 1. The van der Waals surface area contributed by atoms with E-state index in [4.69, 9.17) is 13.9 Å². The molecule has 2 aliphatic rings. The molecule has 0 spiro atoms. The van der Waals surface area contributed by atoms with Gasteiger partial charge in [0.1, 0.15) is 17.9 Å². The van der Waals surface area contributed by atoms with E-state index in [9.17, 15) is 14.7 Å². The van der Waals surface area contributed by atoms with Gasteiger partial charge in [-0.1, -0.05) is 19.1 Å². The molecule has 1 aromatic heterocycles. The number of para-hydroxylation sites is 2. The van der Waals surface area contributed by atoms with Crippen LogP contribution in [0.5, 0.6) is 17.2 Å². The van der Waals surface area contributed by atoms with E-state index in [-0.39, 0.29) is 18.3 Å². The van der Waals surface area contributed by atoms with E-state index >= 15 is 0 Å². The molecule has 1 fully saturated rings. The summed E-state index contributed by atoms with van der Waals surface area (Å²) >= 11 is 0. The molecular formula is C25H26N2O6. The third-order valence-electron chi connectivity index (χ3n) is 6.27. The molecule has 1 N–H and O–H groups in total. The lowest BCUT2D eigenvalue weighted by Gasteiger charge is -2.37. The maximum atomic E-state index is 13.0. The number of carbonyl (C=O) groups excluding carboxylic acids is 1. The molecule has 0 radical (unpaired) electrons. The standard InChI is InChI=1S/C25H26N2O6/c1-2-16-11-18-17(12-24(29)33-22(18)13-19(16)28)14-26-7-9-27(10-8-26)25(30)23-15-31-20-5-3-4-6-21(20)32-23/h3-6,11-13,23,28H,2,7-10,14-15H2,1H3/t23-/m0/s1. The third-order valence-corrected chi connectivity index (χ3v) is 6.27. The first kappa shape index (κ1) is 21.3. The molecule has 8 nitrogen and oxygen atoms in total. The SMILES string of the molecule is CCc1cc2c(CN3CCN(C(=O)[C@@H]4COc5ccccc5O4)CC3)cc(=O)oc2cc1O. The van der Waals surface area contributed by atoms with Crippen LogP contribution in [0.2, 0.25) is 0 Å². The highest BCUT2D eigenvalue weighted by atomic mass is 16.6. The van der Waals surface area contributed by atoms with Crippen LogP contribution in [0.4, 0.5) is 0 Å². The minimum atomic E-state index is -0.644. The highest BCUT2D eigenvalue weighted by Crippen LogP contribution is 2.31. The Bertz CT molecular complexity index is 1250. The van der Waals surface area contributed by atoms with Crippen LogP contribution < -0.4 is 15.1 Å². The monoisotopic (exact) mass is 450 g/mol. The van der Waals surface area contributed by atoms with Gasteiger partial charge in [0.05, 0.1) is 0 Å². The average molecular weight is 450 g/mol. The van der Waals surface area contributed by atoms with Crippen LogP contribution in [0.3, 0.4) is 0 Å². The Morgan fingerprint density at radius 1 is 1.06 bits per heavy atom. The molecule has 8 heteroatoms. The number of ether oxygens (including phenoxy) is 2. The maximum absolute atomic E-state index is 13.0. The van der Waals surface area contributed by atoms with E-state index in [1.807, 2.05) is 36.1 Å². The first-order valence-electron chi connectivity index (χ1n) is 11.2. The van der Waals surface area contributed by atoms with Crippen LogP contribution in [0.1, 0.15) is 18.1 Å². The molecule has 1 atom stereocenters. The smallest absolute Gasteiger partial charge is 0.336 e. The van der Waals surface area contributed by atoms with Crippen LogP contribution in [0.25, 0.3) is 11.0 Å². The molecule has 33 heavy (non-hydrogen) atoms. The van der Waals surface area contributed by atoms with Crippen molar-refractivity contribution in [2.45, 2.75) is 26.0 Å². The van der Waals surface area contributed by atoms with Crippen LogP contribution in [0.15, 0.2) is 51.7 Å². The highest BCUT2D eigenvalue weighted by molar-refractivity contribution is 5.83. The minimum absolute atomic E-state index is 0.0713. The molecule has 1 amide bonds. The number of hydrogen-bond donors (Lipinski definition) is 1. The molecule has 5 rings (SSSR count). The summed E-state index contributed by atoms with van der Waals surface area (Å²) in [4.78, 5) is 29.1. The van der Waals surface area contributed by atoms with Gasteiger partial charge in [-0.05, 0) is 35.7 Å². The Morgan fingerprint density at radius 3 is 2.58 bits per heavy atom. The predicted molar refractivity (Wildman–Crippen MR) is 122 cm³/mol. The lowest BCUT2D eigenvalue weighted by atomic mass is 10.0. The van der Waals surface area contributed by atoms with Gasteiger partial charge in [-0.15, -0.1) is 0 Å². The van der Waals surface area contributed by atoms with Gasteiger partial charge < -0.3 is 23.9 Å². The largest absolute Gasteiger partial charge is 0.508 e. The second kappa shape index (κ2) is 8.78. The first-order valence-corrected chi connectivity index (χ1v) is 11.2. The number of piperazine rings is 1. The van der Waals surface area contributed by atoms with Gasteiger partial charge in [0.15, 0.2) is 11.5 Å². The van der Waals surface area contributed by atoms with Gasteiger partial charge in [-0.3, -0.25) is 9.69 Å². The fourth-order valence-electron chi connectivity index (χ4n) is 4.43. The van der Waals surface area contributed by atoms with Crippen molar-refractivity contribution in [2.24, 2.45) is 0 Å². The molecular weight excluding hydrogens is 424 g/mol.